The molecule has 6 heteroatoms. The first-order valence-electron chi connectivity index (χ1n) is 6.72. The second-order valence-corrected chi connectivity index (χ2v) is 6.19. The number of hydrogen-bond acceptors (Lipinski definition) is 3. The lowest BCUT2D eigenvalue weighted by Crippen LogP contribution is -2.26. The molecule has 0 saturated carbocycles. The zero-order valence-corrected chi connectivity index (χ0v) is 13.0. The summed E-state index contributed by atoms with van der Waals surface area (Å²) >= 11 is 11.9. The molecule has 0 radical (unpaired) electrons. The van der Waals surface area contributed by atoms with Crippen molar-refractivity contribution >= 4 is 40.5 Å². The fourth-order valence-electron chi connectivity index (χ4n) is 2.42. The lowest BCUT2D eigenvalue weighted by atomic mass is 10.2. The molecule has 20 heavy (non-hydrogen) atoms. The molecule has 1 unspecified atom stereocenters. The van der Waals surface area contributed by atoms with Crippen molar-refractivity contribution in [3.8, 4) is 0 Å². The molecule has 1 atom stereocenters. The van der Waals surface area contributed by atoms with Crippen LogP contribution in [-0.2, 0) is 4.79 Å². The molecular weight excluding hydrogens is 297 g/mol. The number of likely N-dealkylation sites (tertiary alicyclic amines) is 1. The standard InChI is InChI=1S/C14H19Cl2N3O/c1-9-2-4-19(8-9)5-3-13(20)18-14-11(16)6-10(15)7-12(14)17/h6-7,9H,2-5,8,17H2,1H3,(H,18,20). The Kier molecular flexibility index (Phi) is 5.13. The summed E-state index contributed by atoms with van der Waals surface area (Å²) in [4.78, 5) is 14.3. The zero-order chi connectivity index (χ0) is 14.7. The molecule has 1 aliphatic heterocycles. The number of benzene rings is 1. The highest BCUT2D eigenvalue weighted by Gasteiger charge is 2.19. The number of nitrogen functional groups attached to an aromatic ring is 1. The molecule has 110 valence electrons. The van der Waals surface area contributed by atoms with Gasteiger partial charge in [-0.3, -0.25) is 4.79 Å². The highest BCUT2D eigenvalue weighted by molar-refractivity contribution is 6.37. The van der Waals surface area contributed by atoms with Crippen LogP contribution in [0.3, 0.4) is 0 Å². The van der Waals surface area contributed by atoms with E-state index in [0.717, 1.165) is 25.6 Å². The molecule has 1 amide bonds. The Balaban J connectivity index is 1.88. The average Bonchev–Trinajstić information content (AvgIpc) is 2.77. The lowest BCUT2D eigenvalue weighted by molar-refractivity contribution is -0.116. The molecule has 4 nitrogen and oxygen atoms in total. The van der Waals surface area contributed by atoms with Gasteiger partial charge in [-0.1, -0.05) is 30.1 Å². The van der Waals surface area contributed by atoms with Crippen molar-refractivity contribution in [3.05, 3.63) is 22.2 Å². The highest BCUT2D eigenvalue weighted by Crippen LogP contribution is 2.32. The monoisotopic (exact) mass is 315 g/mol. The second-order valence-electron chi connectivity index (χ2n) is 5.34. The first-order valence-corrected chi connectivity index (χ1v) is 7.48. The van der Waals surface area contributed by atoms with Gasteiger partial charge in [0.25, 0.3) is 0 Å². The van der Waals surface area contributed by atoms with Gasteiger partial charge in [-0.2, -0.15) is 0 Å². The molecule has 1 saturated heterocycles. The number of amides is 1. The molecular formula is C14H19Cl2N3O. The topological polar surface area (TPSA) is 58.4 Å². The van der Waals surface area contributed by atoms with Crippen molar-refractivity contribution in [2.75, 3.05) is 30.7 Å². The molecule has 1 aromatic carbocycles. The zero-order valence-electron chi connectivity index (χ0n) is 11.5. The number of rotatable bonds is 4. The number of halogens is 2. The molecule has 1 aliphatic rings. The number of carbonyl (C=O) groups is 1. The molecule has 1 aromatic rings. The van der Waals surface area contributed by atoms with Gasteiger partial charge in [-0.05, 0) is 31.0 Å². The molecule has 1 heterocycles. The van der Waals surface area contributed by atoms with Crippen molar-refractivity contribution < 1.29 is 4.79 Å². The van der Waals surface area contributed by atoms with Crippen LogP contribution in [0.5, 0.6) is 0 Å². The Morgan fingerprint density at radius 3 is 2.85 bits per heavy atom. The summed E-state index contributed by atoms with van der Waals surface area (Å²) in [5.41, 5.74) is 6.63. The second kappa shape index (κ2) is 6.66. The van der Waals surface area contributed by atoms with E-state index in [1.54, 1.807) is 12.1 Å². The minimum Gasteiger partial charge on any atom is -0.397 e. The maximum Gasteiger partial charge on any atom is 0.225 e. The average molecular weight is 316 g/mol. The SMILES string of the molecule is CC1CCN(CCC(=O)Nc2c(N)cc(Cl)cc2Cl)C1. The Labute approximate surface area is 129 Å². The maximum atomic E-state index is 12.0. The van der Waals surface area contributed by atoms with Crippen LogP contribution in [0.2, 0.25) is 10.0 Å². The summed E-state index contributed by atoms with van der Waals surface area (Å²) in [5.74, 6) is 0.639. The van der Waals surface area contributed by atoms with Gasteiger partial charge in [0, 0.05) is 24.5 Å². The maximum absolute atomic E-state index is 12.0. The highest BCUT2D eigenvalue weighted by atomic mass is 35.5. The van der Waals surface area contributed by atoms with E-state index >= 15 is 0 Å². The summed E-state index contributed by atoms with van der Waals surface area (Å²) < 4.78 is 0. The third-order valence-electron chi connectivity index (χ3n) is 3.51. The summed E-state index contributed by atoms with van der Waals surface area (Å²) in [6.45, 7) is 5.13. The van der Waals surface area contributed by atoms with E-state index in [0.29, 0.717) is 27.8 Å². The van der Waals surface area contributed by atoms with Gasteiger partial charge >= 0.3 is 0 Å². The van der Waals surface area contributed by atoms with Crippen LogP contribution in [-0.4, -0.2) is 30.4 Å². The Morgan fingerprint density at radius 2 is 2.25 bits per heavy atom. The summed E-state index contributed by atoms with van der Waals surface area (Å²) in [5, 5.41) is 3.57. The first kappa shape index (κ1) is 15.4. The predicted octanol–water partition coefficient (Wildman–Crippen LogP) is 3.25. The van der Waals surface area contributed by atoms with Crippen LogP contribution in [0.1, 0.15) is 19.8 Å². The molecule has 0 spiro atoms. The van der Waals surface area contributed by atoms with E-state index in [2.05, 4.69) is 17.1 Å². The van der Waals surface area contributed by atoms with Crippen LogP contribution in [0.25, 0.3) is 0 Å². The Morgan fingerprint density at radius 1 is 1.50 bits per heavy atom. The first-order chi connectivity index (χ1) is 9.45. The smallest absolute Gasteiger partial charge is 0.225 e. The molecule has 3 N–H and O–H groups in total. The van der Waals surface area contributed by atoms with E-state index < -0.39 is 0 Å². The lowest BCUT2D eigenvalue weighted by Gasteiger charge is -2.15. The summed E-state index contributed by atoms with van der Waals surface area (Å²) in [6.07, 6.45) is 1.64. The van der Waals surface area contributed by atoms with Crippen LogP contribution in [0.4, 0.5) is 11.4 Å². The third kappa shape index (κ3) is 4.01. The largest absolute Gasteiger partial charge is 0.397 e. The number of anilines is 2. The van der Waals surface area contributed by atoms with Crippen LogP contribution < -0.4 is 11.1 Å². The van der Waals surface area contributed by atoms with E-state index in [9.17, 15) is 4.79 Å². The number of nitrogens with one attached hydrogen (secondary N) is 1. The van der Waals surface area contributed by atoms with Gasteiger partial charge in [-0.25, -0.2) is 0 Å². The Bertz CT molecular complexity index is 484. The Hall–Kier alpha value is -0.970. The molecule has 1 fully saturated rings. The minimum absolute atomic E-state index is 0.0829. The normalized spacial score (nSPS) is 19.2. The van der Waals surface area contributed by atoms with Gasteiger partial charge in [0.05, 0.1) is 16.4 Å². The van der Waals surface area contributed by atoms with Crippen LogP contribution in [0, 0.1) is 5.92 Å². The summed E-state index contributed by atoms with van der Waals surface area (Å²) in [6, 6.07) is 3.14. The van der Waals surface area contributed by atoms with Crippen LogP contribution in [0.15, 0.2) is 12.1 Å². The van der Waals surface area contributed by atoms with E-state index in [-0.39, 0.29) is 5.91 Å². The molecule has 0 bridgehead atoms. The van der Waals surface area contributed by atoms with E-state index in [4.69, 9.17) is 28.9 Å². The van der Waals surface area contributed by atoms with E-state index in [1.165, 1.54) is 6.42 Å². The number of carbonyl (C=O) groups excluding carboxylic acids is 1. The van der Waals surface area contributed by atoms with Crippen molar-refractivity contribution in [3.63, 3.8) is 0 Å². The number of nitrogens with zero attached hydrogens (tertiary/aromatic N) is 1. The number of nitrogens with two attached hydrogens (primary N) is 1. The molecule has 0 aromatic heterocycles. The quantitative estimate of drug-likeness (QED) is 0.838. The summed E-state index contributed by atoms with van der Waals surface area (Å²) in [7, 11) is 0. The van der Waals surface area contributed by atoms with Gasteiger partial charge in [0.1, 0.15) is 0 Å². The van der Waals surface area contributed by atoms with Crippen LogP contribution >= 0.6 is 23.2 Å². The van der Waals surface area contributed by atoms with Crippen molar-refractivity contribution in [1.29, 1.82) is 0 Å². The van der Waals surface area contributed by atoms with Gasteiger partial charge in [0.2, 0.25) is 5.91 Å². The number of hydrogen-bond donors (Lipinski definition) is 2. The van der Waals surface area contributed by atoms with Crippen molar-refractivity contribution in [1.82, 2.24) is 4.90 Å². The van der Waals surface area contributed by atoms with Crippen molar-refractivity contribution in [2.24, 2.45) is 5.92 Å². The molecule has 2 rings (SSSR count). The predicted molar refractivity (Wildman–Crippen MR) is 84.3 cm³/mol. The fourth-order valence-corrected chi connectivity index (χ4v) is 2.97. The van der Waals surface area contributed by atoms with E-state index in [1.807, 2.05) is 0 Å². The van der Waals surface area contributed by atoms with Gasteiger partial charge in [-0.15, -0.1) is 0 Å². The van der Waals surface area contributed by atoms with Gasteiger partial charge < -0.3 is 16.0 Å². The fraction of sp³-hybridized carbons (Fsp3) is 0.500. The van der Waals surface area contributed by atoms with Gasteiger partial charge in [0.15, 0.2) is 0 Å². The molecule has 0 aliphatic carbocycles. The minimum atomic E-state index is -0.0829. The van der Waals surface area contributed by atoms with Crippen molar-refractivity contribution in [2.45, 2.75) is 19.8 Å². The third-order valence-corrected chi connectivity index (χ3v) is 4.03.